The summed E-state index contributed by atoms with van der Waals surface area (Å²) in [6.45, 7) is 5.82. The van der Waals surface area contributed by atoms with E-state index in [2.05, 4.69) is 37.0 Å². The van der Waals surface area contributed by atoms with Gasteiger partial charge >= 0.3 is 0 Å². The second-order valence-corrected chi connectivity index (χ2v) is 9.61. The van der Waals surface area contributed by atoms with Gasteiger partial charge in [0.25, 0.3) is 0 Å². The average molecular weight is 479 g/mol. The quantitative estimate of drug-likeness (QED) is 0.409. The summed E-state index contributed by atoms with van der Waals surface area (Å²) in [4.78, 5) is 15.5. The second kappa shape index (κ2) is 9.30. The maximum absolute atomic E-state index is 14.8. The van der Waals surface area contributed by atoms with Gasteiger partial charge in [-0.1, -0.05) is 20.3 Å². The lowest BCUT2D eigenvalue weighted by Crippen LogP contribution is -2.44. The number of benzene rings is 1. The number of piperidine rings is 1. The highest BCUT2D eigenvalue weighted by Gasteiger charge is 2.31. The summed E-state index contributed by atoms with van der Waals surface area (Å²) in [6.07, 6.45) is 6.58. The Morgan fingerprint density at radius 2 is 1.94 bits per heavy atom. The second-order valence-electron chi connectivity index (χ2n) is 9.61. The average Bonchev–Trinajstić information content (AvgIpc) is 3.27. The Morgan fingerprint density at radius 1 is 1.14 bits per heavy atom. The van der Waals surface area contributed by atoms with Gasteiger partial charge in [0, 0.05) is 30.3 Å². The Labute approximate surface area is 202 Å². The number of aliphatic hydroxyl groups excluding tert-OH is 1. The molecule has 0 bridgehead atoms. The molecule has 0 aliphatic carbocycles. The Kier molecular flexibility index (Phi) is 6.19. The van der Waals surface area contributed by atoms with Crippen molar-refractivity contribution in [2.45, 2.75) is 39.5 Å². The van der Waals surface area contributed by atoms with E-state index in [0.29, 0.717) is 28.7 Å². The van der Waals surface area contributed by atoms with Crippen LogP contribution in [0.1, 0.15) is 38.7 Å². The highest BCUT2D eigenvalue weighted by atomic mass is 19.1. The monoisotopic (exact) mass is 478 g/mol. The molecule has 35 heavy (non-hydrogen) atoms. The first-order chi connectivity index (χ1) is 16.9. The van der Waals surface area contributed by atoms with E-state index in [-0.39, 0.29) is 23.4 Å². The molecule has 0 amide bonds. The minimum absolute atomic E-state index is 0.0283. The third-order valence-electron chi connectivity index (χ3n) is 6.67. The Hall–Kier alpha value is -3.46. The van der Waals surface area contributed by atoms with Gasteiger partial charge in [0.2, 0.25) is 0 Å². The molecule has 0 radical (unpaired) electrons. The van der Waals surface area contributed by atoms with Gasteiger partial charge in [0.1, 0.15) is 34.2 Å². The van der Waals surface area contributed by atoms with Crippen molar-refractivity contribution in [3.8, 4) is 22.6 Å². The highest BCUT2D eigenvalue weighted by Crippen LogP contribution is 2.33. The van der Waals surface area contributed by atoms with E-state index in [1.54, 1.807) is 6.20 Å². The van der Waals surface area contributed by atoms with Crippen molar-refractivity contribution in [3.63, 3.8) is 0 Å². The van der Waals surface area contributed by atoms with Crippen LogP contribution < -0.4 is 4.90 Å². The molecule has 1 saturated heterocycles. The van der Waals surface area contributed by atoms with Crippen molar-refractivity contribution in [2.24, 2.45) is 5.41 Å². The smallest absolute Gasteiger partial charge is 0.165 e. The summed E-state index contributed by atoms with van der Waals surface area (Å²) in [6, 6.07) is 6.52. The standard InChI is InChI=1S/C26H28F2N6O/c1-3-5-16-10-18(27)22(19(28)11-16)25-30-13-20-24(31-25)23(33-32-20)17-6-7-21(29-12-17)34-9-4-8-26(2,14-34)15-35/h6-7,10-13,35H,3-5,8-9,14-15H2,1-2H3,(H,32,33). The van der Waals surface area contributed by atoms with E-state index in [4.69, 9.17) is 0 Å². The number of H-pyrrole nitrogens is 1. The van der Waals surface area contributed by atoms with Crippen LogP contribution in [0.4, 0.5) is 14.6 Å². The number of nitrogens with one attached hydrogen (secondary N) is 1. The zero-order valence-corrected chi connectivity index (χ0v) is 19.9. The maximum Gasteiger partial charge on any atom is 0.165 e. The van der Waals surface area contributed by atoms with Crippen LogP contribution in [-0.2, 0) is 6.42 Å². The fourth-order valence-corrected chi connectivity index (χ4v) is 4.76. The highest BCUT2D eigenvalue weighted by molar-refractivity contribution is 5.90. The number of pyridine rings is 1. The number of aryl methyl sites for hydroxylation is 1. The Bertz CT molecular complexity index is 1330. The summed E-state index contributed by atoms with van der Waals surface area (Å²) in [5.41, 5.74) is 2.51. The predicted molar refractivity (Wildman–Crippen MR) is 131 cm³/mol. The first kappa shape index (κ1) is 23.3. The van der Waals surface area contributed by atoms with E-state index in [0.717, 1.165) is 43.7 Å². The van der Waals surface area contributed by atoms with E-state index in [9.17, 15) is 13.9 Å². The van der Waals surface area contributed by atoms with Crippen LogP contribution in [-0.4, -0.2) is 50.0 Å². The molecule has 1 aliphatic rings. The molecule has 4 aromatic rings. The van der Waals surface area contributed by atoms with Gasteiger partial charge in [-0.05, 0) is 49.1 Å². The number of nitrogens with zero attached hydrogens (tertiary/aromatic N) is 5. The lowest BCUT2D eigenvalue weighted by molar-refractivity contribution is 0.123. The van der Waals surface area contributed by atoms with Gasteiger partial charge < -0.3 is 10.0 Å². The van der Waals surface area contributed by atoms with Crippen LogP contribution in [0.3, 0.4) is 0 Å². The van der Waals surface area contributed by atoms with Gasteiger partial charge in [0.15, 0.2) is 5.82 Å². The largest absolute Gasteiger partial charge is 0.396 e. The van der Waals surface area contributed by atoms with Crippen molar-refractivity contribution < 1.29 is 13.9 Å². The molecule has 1 atom stereocenters. The number of fused-ring (bicyclic) bond motifs is 1. The number of anilines is 1. The molecule has 0 saturated carbocycles. The number of hydrogen-bond donors (Lipinski definition) is 2. The van der Waals surface area contributed by atoms with Gasteiger partial charge in [-0.3, -0.25) is 5.10 Å². The lowest BCUT2D eigenvalue weighted by atomic mass is 9.83. The SMILES string of the molecule is CCCc1cc(F)c(-c2ncc3[nH]nc(-c4ccc(N5CCCC(C)(CO)C5)nc4)c3n2)c(F)c1. The summed E-state index contributed by atoms with van der Waals surface area (Å²) in [5.74, 6) is -0.556. The van der Waals surface area contributed by atoms with E-state index < -0.39 is 11.6 Å². The molecule has 1 aromatic carbocycles. The third kappa shape index (κ3) is 4.48. The van der Waals surface area contributed by atoms with Crippen LogP contribution in [0.15, 0.2) is 36.7 Å². The molecule has 9 heteroatoms. The minimum atomic E-state index is -0.680. The summed E-state index contributed by atoms with van der Waals surface area (Å²) in [7, 11) is 0. The van der Waals surface area contributed by atoms with Crippen LogP contribution in [0.2, 0.25) is 0 Å². The molecule has 1 unspecified atom stereocenters. The fourth-order valence-electron chi connectivity index (χ4n) is 4.76. The fraction of sp³-hybridized carbons (Fsp3) is 0.385. The molecular formula is C26H28F2N6O. The molecule has 4 heterocycles. The first-order valence-corrected chi connectivity index (χ1v) is 11.9. The van der Waals surface area contributed by atoms with Crippen LogP contribution >= 0.6 is 0 Å². The van der Waals surface area contributed by atoms with Crippen molar-refractivity contribution in [2.75, 3.05) is 24.6 Å². The number of aromatic amines is 1. The third-order valence-corrected chi connectivity index (χ3v) is 6.67. The molecule has 1 fully saturated rings. The maximum atomic E-state index is 14.8. The number of rotatable bonds is 6. The van der Waals surface area contributed by atoms with Crippen molar-refractivity contribution in [1.82, 2.24) is 25.1 Å². The van der Waals surface area contributed by atoms with Crippen molar-refractivity contribution in [3.05, 3.63) is 53.9 Å². The van der Waals surface area contributed by atoms with Crippen LogP contribution in [0.25, 0.3) is 33.7 Å². The predicted octanol–water partition coefficient (Wildman–Crippen LogP) is 4.91. The molecule has 0 spiro atoms. The van der Waals surface area contributed by atoms with Gasteiger partial charge in [-0.15, -0.1) is 0 Å². The number of halogens is 2. The molecule has 182 valence electrons. The molecule has 2 N–H and O–H groups in total. The van der Waals surface area contributed by atoms with Crippen molar-refractivity contribution in [1.29, 1.82) is 0 Å². The summed E-state index contributed by atoms with van der Waals surface area (Å²) < 4.78 is 29.6. The number of hydrogen-bond acceptors (Lipinski definition) is 6. The number of aromatic nitrogens is 5. The number of aliphatic hydroxyl groups is 1. The van der Waals surface area contributed by atoms with E-state index in [1.165, 1.54) is 18.3 Å². The topological polar surface area (TPSA) is 90.8 Å². The van der Waals surface area contributed by atoms with Crippen LogP contribution in [0, 0.1) is 17.0 Å². The minimum Gasteiger partial charge on any atom is -0.396 e. The molecular weight excluding hydrogens is 450 g/mol. The molecule has 5 rings (SSSR count). The zero-order chi connectivity index (χ0) is 24.6. The Balaban J connectivity index is 1.47. The first-order valence-electron chi connectivity index (χ1n) is 11.9. The van der Waals surface area contributed by atoms with Crippen LogP contribution in [0.5, 0.6) is 0 Å². The van der Waals surface area contributed by atoms with Gasteiger partial charge in [0.05, 0.1) is 18.4 Å². The zero-order valence-electron chi connectivity index (χ0n) is 19.9. The summed E-state index contributed by atoms with van der Waals surface area (Å²) in [5, 5.41) is 17.0. The van der Waals surface area contributed by atoms with Gasteiger partial charge in [-0.25, -0.2) is 23.7 Å². The lowest BCUT2D eigenvalue weighted by Gasteiger charge is -2.40. The van der Waals surface area contributed by atoms with Crippen molar-refractivity contribution >= 4 is 16.9 Å². The van der Waals surface area contributed by atoms with E-state index in [1.807, 2.05) is 19.1 Å². The molecule has 7 nitrogen and oxygen atoms in total. The van der Waals surface area contributed by atoms with Gasteiger partial charge in [-0.2, -0.15) is 5.10 Å². The Morgan fingerprint density at radius 3 is 2.63 bits per heavy atom. The normalized spacial score (nSPS) is 18.4. The van der Waals surface area contributed by atoms with E-state index >= 15 is 0 Å². The molecule has 3 aromatic heterocycles. The molecule has 1 aliphatic heterocycles. The summed E-state index contributed by atoms with van der Waals surface area (Å²) >= 11 is 0.